The molecule has 1 aromatic rings. The zero-order valence-corrected chi connectivity index (χ0v) is 11.3. The fourth-order valence-electron chi connectivity index (χ4n) is 1.85. The number of rotatable bonds is 3. The highest BCUT2D eigenvalue weighted by Gasteiger charge is 2.26. The van der Waals surface area contributed by atoms with Gasteiger partial charge in [-0.15, -0.1) is 11.8 Å². The number of hydrogen-bond acceptors (Lipinski definition) is 4. The van der Waals surface area contributed by atoms with Gasteiger partial charge in [0.2, 0.25) is 0 Å². The SMILES string of the molecule is CSc1cc2c(cc1C(C)(C)CO)OCCO2. The van der Waals surface area contributed by atoms with Crippen molar-refractivity contribution >= 4 is 11.8 Å². The number of hydrogen-bond donors (Lipinski definition) is 1. The van der Waals surface area contributed by atoms with E-state index in [-0.39, 0.29) is 12.0 Å². The Balaban J connectivity index is 2.50. The molecule has 1 aliphatic rings. The third kappa shape index (κ3) is 2.38. The summed E-state index contributed by atoms with van der Waals surface area (Å²) in [6.45, 7) is 5.35. The lowest BCUT2D eigenvalue weighted by atomic mass is 9.85. The molecule has 3 nitrogen and oxygen atoms in total. The second kappa shape index (κ2) is 4.78. The largest absolute Gasteiger partial charge is 0.486 e. The Kier molecular flexibility index (Phi) is 3.54. The van der Waals surface area contributed by atoms with E-state index in [9.17, 15) is 5.11 Å². The Bertz CT molecular complexity index is 415. The van der Waals surface area contributed by atoms with Crippen molar-refractivity contribution in [1.29, 1.82) is 0 Å². The number of ether oxygens (including phenoxy) is 2. The van der Waals surface area contributed by atoms with E-state index in [1.165, 1.54) is 0 Å². The minimum atomic E-state index is -0.270. The molecular weight excluding hydrogens is 236 g/mol. The normalized spacial score (nSPS) is 14.8. The highest BCUT2D eigenvalue weighted by Crippen LogP contribution is 2.41. The van der Waals surface area contributed by atoms with Crippen molar-refractivity contribution < 1.29 is 14.6 Å². The second-order valence-electron chi connectivity index (χ2n) is 4.74. The van der Waals surface area contributed by atoms with Crippen molar-refractivity contribution in [3.05, 3.63) is 17.7 Å². The number of benzene rings is 1. The van der Waals surface area contributed by atoms with Crippen LogP contribution in [0, 0.1) is 0 Å². The standard InChI is InChI=1S/C13H18O3S/c1-13(2,8-14)9-6-10-11(7-12(9)17-3)16-5-4-15-10/h6-7,14H,4-5,8H2,1-3H3. The molecule has 0 radical (unpaired) electrons. The van der Waals surface area contributed by atoms with Crippen LogP contribution in [-0.2, 0) is 5.41 Å². The van der Waals surface area contributed by atoms with Gasteiger partial charge in [-0.05, 0) is 24.0 Å². The van der Waals surface area contributed by atoms with Crippen LogP contribution in [0.25, 0.3) is 0 Å². The Hall–Kier alpha value is -0.870. The lowest BCUT2D eigenvalue weighted by Crippen LogP contribution is -2.24. The molecule has 1 N–H and O–H groups in total. The van der Waals surface area contributed by atoms with E-state index in [2.05, 4.69) is 0 Å². The average molecular weight is 254 g/mol. The van der Waals surface area contributed by atoms with E-state index >= 15 is 0 Å². The molecule has 1 heterocycles. The van der Waals surface area contributed by atoms with E-state index in [4.69, 9.17) is 9.47 Å². The Labute approximate surface area is 106 Å². The van der Waals surface area contributed by atoms with Gasteiger partial charge >= 0.3 is 0 Å². The molecule has 0 fully saturated rings. The topological polar surface area (TPSA) is 38.7 Å². The fraction of sp³-hybridized carbons (Fsp3) is 0.538. The Morgan fingerprint density at radius 3 is 2.35 bits per heavy atom. The Morgan fingerprint density at radius 1 is 1.24 bits per heavy atom. The van der Waals surface area contributed by atoms with Gasteiger partial charge in [0, 0.05) is 10.3 Å². The number of fused-ring (bicyclic) bond motifs is 1. The third-order valence-electron chi connectivity index (χ3n) is 2.99. The predicted octanol–water partition coefficient (Wildman–Crippen LogP) is 2.45. The molecule has 0 saturated heterocycles. The lowest BCUT2D eigenvalue weighted by Gasteiger charge is -2.28. The van der Waals surface area contributed by atoms with Crippen LogP contribution in [0.3, 0.4) is 0 Å². The number of aliphatic hydroxyl groups is 1. The zero-order valence-electron chi connectivity index (χ0n) is 10.4. The maximum Gasteiger partial charge on any atom is 0.162 e. The zero-order chi connectivity index (χ0) is 12.5. The predicted molar refractivity (Wildman–Crippen MR) is 69.3 cm³/mol. The minimum Gasteiger partial charge on any atom is -0.486 e. The van der Waals surface area contributed by atoms with E-state index in [1.807, 2.05) is 32.2 Å². The van der Waals surface area contributed by atoms with Crippen LogP contribution in [0.4, 0.5) is 0 Å². The van der Waals surface area contributed by atoms with E-state index < -0.39 is 0 Å². The van der Waals surface area contributed by atoms with Gasteiger partial charge in [0.15, 0.2) is 11.5 Å². The van der Waals surface area contributed by atoms with Gasteiger partial charge in [-0.2, -0.15) is 0 Å². The van der Waals surface area contributed by atoms with Crippen LogP contribution < -0.4 is 9.47 Å². The highest BCUT2D eigenvalue weighted by atomic mass is 32.2. The molecule has 0 aromatic heterocycles. The summed E-state index contributed by atoms with van der Waals surface area (Å²) >= 11 is 1.66. The van der Waals surface area contributed by atoms with Crippen molar-refractivity contribution in [1.82, 2.24) is 0 Å². The minimum absolute atomic E-state index is 0.111. The van der Waals surface area contributed by atoms with Gasteiger partial charge in [-0.1, -0.05) is 13.8 Å². The van der Waals surface area contributed by atoms with Crippen molar-refractivity contribution in [2.75, 3.05) is 26.1 Å². The quantitative estimate of drug-likeness (QED) is 0.841. The monoisotopic (exact) mass is 254 g/mol. The molecule has 0 spiro atoms. The molecule has 0 saturated carbocycles. The van der Waals surface area contributed by atoms with Crippen LogP contribution in [-0.4, -0.2) is 31.2 Å². The maximum atomic E-state index is 9.49. The molecular formula is C13H18O3S. The summed E-state index contributed by atoms with van der Waals surface area (Å²) < 4.78 is 11.2. The molecule has 0 unspecified atom stereocenters. The first-order valence-corrected chi connectivity index (χ1v) is 6.90. The second-order valence-corrected chi connectivity index (χ2v) is 5.59. The summed E-state index contributed by atoms with van der Waals surface area (Å²) in [7, 11) is 0. The molecule has 1 aliphatic heterocycles. The van der Waals surface area contributed by atoms with E-state index in [1.54, 1.807) is 11.8 Å². The maximum absolute atomic E-state index is 9.49. The van der Waals surface area contributed by atoms with Crippen LogP contribution in [0.2, 0.25) is 0 Å². The number of thioether (sulfide) groups is 1. The third-order valence-corrected chi connectivity index (χ3v) is 3.77. The molecule has 94 valence electrons. The highest BCUT2D eigenvalue weighted by molar-refractivity contribution is 7.98. The van der Waals surface area contributed by atoms with E-state index in [0.717, 1.165) is 22.0 Å². The molecule has 0 amide bonds. The average Bonchev–Trinajstić information content (AvgIpc) is 2.37. The molecule has 4 heteroatoms. The summed E-state index contributed by atoms with van der Waals surface area (Å²) in [4.78, 5) is 1.13. The molecule has 2 rings (SSSR count). The van der Waals surface area contributed by atoms with Crippen LogP contribution in [0.15, 0.2) is 17.0 Å². The van der Waals surface area contributed by atoms with Crippen LogP contribution in [0.1, 0.15) is 19.4 Å². The summed E-state index contributed by atoms with van der Waals surface area (Å²) in [5, 5.41) is 9.49. The molecule has 0 aliphatic carbocycles. The van der Waals surface area contributed by atoms with Gasteiger partial charge in [-0.25, -0.2) is 0 Å². The smallest absolute Gasteiger partial charge is 0.162 e. The number of aliphatic hydroxyl groups excluding tert-OH is 1. The summed E-state index contributed by atoms with van der Waals surface area (Å²) in [6.07, 6.45) is 2.03. The van der Waals surface area contributed by atoms with Gasteiger partial charge < -0.3 is 14.6 Å². The summed E-state index contributed by atoms with van der Waals surface area (Å²) in [6, 6.07) is 4.00. The molecule has 1 aromatic carbocycles. The van der Waals surface area contributed by atoms with Gasteiger partial charge in [-0.3, -0.25) is 0 Å². The van der Waals surface area contributed by atoms with Crippen LogP contribution in [0.5, 0.6) is 11.5 Å². The van der Waals surface area contributed by atoms with Crippen molar-refractivity contribution in [2.45, 2.75) is 24.2 Å². The van der Waals surface area contributed by atoms with Crippen molar-refractivity contribution in [2.24, 2.45) is 0 Å². The van der Waals surface area contributed by atoms with Gasteiger partial charge in [0.1, 0.15) is 13.2 Å². The van der Waals surface area contributed by atoms with Crippen molar-refractivity contribution in [3.63, 3.8) is 0 Å². The van der Waals surface area contributed by atoms with Gasteiger partial charge in [0.25, 0.3) is 0 Å². The van der Waals surface area contributed by atoms with Crippen molar-refractivity contribution in [3.8, 4) is 11.5 Å². The summed E-state index contributed by atoms with van der Waals surface area (Å²) in [5.41, 5.74) is 0.838. The first kappa shape index (κ1) is 12.6. The molecule has 0 bridgehead atoms. The lowest BCUT2D eigenvalue weighted by molar-refractivity contribution is 0.169. The Morgan fingerprint density at radius 2 is 1.82 bits per heavy atom. The first-order valence-electron chi connectivity index (χ1n) is 5.67. The first-order chi connectivity index (χ1) is 8.08. The van der Waals surface area contributed by atoms with Crippen LogP contribution >= 0.6 is 11.8 Å². The summed E-state index contributed by atoms with van der Waals surface area (Å²) in [5.74, 6) is 1.59. The fourth-order valence-corrected chi connectivity index (χ4v) is 2.63. The van der Waals surface area contributed by atoms with E-state index in [0.29, 0.717) is 13.2 Å². The molecule has 17 heavy (non-hydrogen) atoms. The van der Waals surface area contributed by atoms with Gasteiger partial charge in [0.05, 0.1) is 6.61 Å². The molecule has 0 atom stereocenters.